The largest absolute Gasteiger partial charge is 0.480 e. The highest BCUT2D eigenvalue weighted by molar-refractivity contribution is 5.85. The number of carbonyl (C=O) groups is 3. The second-order valence-electron chi connectivity index (χ2n) is 5.58. The molecule has 1 aliphatic rings. The molecule has 128 valence electrons. The molecule has 0 radical (unpaired) electrons. The Morgan fingerprint density at radius 3 is 2.45 bits per heavy atom. The number of ketones is 1. The molecule has 1 heterocycles. The van der Waals surface area contributed by atoms with Gasteiger partial charge in [-0.2, -0.15) is 0 Å². The number of nitrogens with one attached hydrogen (secondary N) is 1. The molecule has 8 heteroatoms. The summed E-state index contributed by atoms with van der Waals surface area (Å²) in [5.74, 6) is -1.65. The second kappa shape index (κ2) is 9.76. The van der Waals surface area contributed by atoms with Crippen molar-refractivity contribution < 1.29 is 24.6 Å². The SMILES string of the molecule is CCC(CNC(C)=O)CN1C[C@H](C(=O)CO)C[C@@H]1C(=O)O.Cl. The standard InChI is InChI=1S/C14H24N2O5.ClH/c1-3-10(5-15-9(2)18)6-16-7-11(13(19)8-17)4-12(16)14(20)21;/h10-12,17H,3-8H2,1-2H3,(H,15,18)(H,20,21);1H/t10?,11-,12-;/m1./s1. The summed E-state index contributed by atoms with van der Waals surface area (Å²) in [4.78, 5) is 35.6. The first-order chi connectivity index (χ1) is 9.88. The summed E-state index contributed by atoms with van der Waals surface area (Å²) in [6.07, 6.45) is 1.05. The van der Waals surface area contributed by atoms with Gasteiger partial charge in [-0.1, -0.05) is 13.3 Å². The van der Waals surface area contributed by atoms with Gasteiger partial charge in [-0.15, -0.1) is 12.4 Å². The Hall–Kier alpha value is -1.18. The minimum Gasteiger partial charge on any atom is -0.480 e. The van der Waals surface area contributed by atoms with Crippen molar-refractivity contribution in [1.82, 2.24) is 10.2 Å². The number of aliphatic hydroxyl groups is 1. The van der Waals surface area contributed by atoms with Gasteiger partial charge in [0.25, 0.3) is 0 Å². The molecule has 1 aliphatic heterocycles. The third-order valence-electron chi connectivity index (χ3n) is 4.01. The van der Waals surface area contributed by atoms with E-state index in [4.69, 9.17) is 5.11 Å². The van der Waals surface area contributed by atoms with E-state index >= 15 is 0 Å². The van der Waals surface area contributed by atoms with Gasteiger partial charge in [-0.3, -0.25) is 19.3 Å². The fourth-order valence-corrected chi connectivity index (χ4v) is 2.68. The first-order valence-electron chi connectivity index (χ1n) is 7.23. The number of amides is 1. The number of aliphatic carboxylic acids is 1. The fraction of sp³-hybridized carbons (Fsp3) is 0.786. The Morgan fingerprint density at radius 2 is 2.00 bits per heavy atom. The van der Waals surface area contributed by atoms with E-state index in [0.29, 0.717) is 19.6 Å². The normalized spacial score (nSPS) is 22.7. The highest BCUT2D eigenvalue weighted by Crippen LogP contribution is 2.25. The molecule has 0 bridgehead atoms. The zero-order valence-electron chi connectivity index (χ0n) is 12.9. The first kappa shape index (κ1) is 20.8. The topological polar surface area (TPSA) is 107 Å². The molecular weight excluding hydrogens is 312 g/mol. The summed E-state index contributed by atoms with van der Waals surface area (Å²) in [7, 11) is 0. The number of aliphatic hydroxyl groups excluding tert-OH is 1. The van der Waals surface area contributed by atoms with Crippen LogP contribution >= 0.6 is 12.4 Å². The van der Waals surface area contributed by atoms with Crippen LogP contribution in [0.3, 0.4) is 0 Å². The molecule has 1 amide bonds. The van der Waals surface area contributed by atoms with Gasteiger partial charge in [0, 0.05) is 32.5 Å². The molecule has 0 aliphatic carbocycles. The van der Waals surface area contributed by atoms with Crippen LogP contribution in [0, 0.1) is 11.8 Å². The Bertz CT molecular complexity index is 405. The number of carboxylic acid groups (broad SMARTS) is 1. The van der Waals surface area contributed by atoms with E-state index in [0.717, 1.165) is 6.42 Å². The average Bonchev–Trinajstić information content (AvgIpc) is 2.86. The van der Waals surface area contributed by atoms with E-state index < -0.39 is 24.5 Å². The van der Waals surface area contributed by atoms with E-state index in [-0.39, 0.29) is 36.4 Å². The third kappa shape index (κ3) is 5.90. The van der Waals surface area contributed by atoms with Crippen LogP contribution in [-0.2, 0) is 14.4 Å². The molecule has 3 atom stereocenters. The lowest BCUT2D eigenvalue weighted by Gasteiger charge is -2.26. The van der Waals surface area contributed by atoms with Crippen molar-refractivity contribution in [3.63, 3.8) is 0 Å². The molecule has 1 rings (SSSR count). The molecule has 0 saturated carbocycles. The second-order valence-corrected chi connectivity index (χ2v) is 5.58. The molecule has 0 aromatic rings. The number of likely N-dealkylation sites (tertiary alicyclic amines) is 1. The number of carboxylic acids is 1. The summed E-state index contributed by atoms with van der Waals surface area (Å²) < 4.78 is 0. The van der Waals surface area contributed by atoms with Crippen molar-refractivity contribution in [2.24, 2.45) is 11.8 Å². The molecular formula is C14H25ClN2O5. The summed E-state index contributed by atoms with van der Waals surface area (Å²) in [6.45, 7) is 4.24. The Balaban J connectivity index is 0.00000441. The number of nitrogens with zero attached hydrogens (tertiary/aromatic N) is 1. The number of Topliss-reactive ketones (excluding diaryl/α,β-unsaturated/α-hetero) is 1. The zero-order chi connectivity index (χ0) is 16.0. The van der Waals surface area contributed by atoms with E-state index in [9.17, 15) is 19.5 Å². The summed E-state index contributed by atoms with van der Waals surface area (Å²) in [5, 5.41) is 20.9. The lowest BCUT2D eigenvalue weighted by Crippen LogP contribution is -2.41. The van der Waals surface area contributed by atoms with E-state index in [1.807, 2.05) is 6.92 Å². The average molecular weight is 337 g/mol. The van der Waals surface area contributed by atoms with Crippen LogP contribution in [0.15, 0.2) is 0 Å². The molecule has 1 fully saturated rings. The van der Waals surface area contributed by atoms with Crippen molar-refractivity contribution in [3.8, 4) is 0 Å². The van der Waals surface area contributed by atoms with Crippen LogP contribution in [0.25, 0.3) is 0 Å². The predicted molar refractivity (Wildman–Crippen MR) is 82.9 cm³/mol. The maximum absolute atomic E-state index is 11.6. The Labute approximate surface area is 136 Å². The van der Waals surface area contributed by atoms with Crippen LogP contribution in [0.4, 0.5) is 0 Å². The van der Waals surface area contributed by atoms with Crippen molar-refractivity contribution >= 4 is 30.1 Å². The number of rotatable bonds is 8. The Morgan fingerprint density at radius 1 is 1.36 bits per heavy atom. The molecule has 1 unspecified atom stereocenters. The third-order valence-corrected chi connectivity index (χ3v) is 4.01. The summed E-state index contributed by atoms with van der Waals surface area (Å²) in [5.41, 5.74) is 0. The molecule has 7 nitrogen and oxygen atoms in total. The quantitative estimate of drug-likeness (QED) is 0.572. The fourth-order valence-electron chi connectivity index (χ4n) is 2.68. The van der Waals surface area contributed by atoms with E-state index in [2.05, 4.69) is 5.32 Å². The maximum atomic E-state index is 11.6. The van der Waals surface area contributed by atoms with Gasteiger partial charge in [0.15, 0.2) is 5.78 Å². The highest BCUT2D eigenvalue weighted by Gasteiger charge is 2.40. The van der Waals surface area contributed by atoms with Gasteiger partial charge < -0.3 is 15.5 Å². The molecule has 3 N–H and O–H groups in total. The molecule has 0 spiro atoms. The maximum Gasteiger partial charge on any atom is 0.320 e. The molecule has 1 saturated heterocycles. The predicted octanol–water partition coefficient (Wildman–Crippen LogP) is -0.0930. The van der Waals surface area contributed by atoms with Gasteiger partial charge in [0.05, 0.1) is 0 Å². The van der Waals surface area contributed by atoms with Crippen molar-refractivity contribution in [3.05, 3.63) is 0 Å². The van der Waals surface area contributed by atoms with E-state index in [1.54, 1.807) is 4.90 Å². The lowest BCUT2D eigenvalue weighted by atomic mass is 10.0. The van der Waals surface area contributed by atoms with Gasteiger partial charge in [-0.05, 0) is 12.3 Å². The Kier molecular flexibility index (Phi) is 9.24. The van der Waals surface area contributed by atoms with Crippen LogP contribution in [-0.4, -0.2) is 65.1 Å². The smallest absolute Gasteiger partial charge is 0.320 e. The monoisotopic (exact) mass is 336 g/mol. The lowest BCUT2D eigenvalue weighted by molar-refractivity contribution is -0.142. The molecule has 0 aromatic heterocycles. The summed E-state index contributed by atoms with van der Waals surface area (Å²) >= 11 is 0. The van der Waals surface area contributed by atoms with Crippen LogP contribution in [0.5, 0.6) is 0 Å². The number of halogens is 1. The minimum atomic E-state index is -0.947. The van der Waals surface area contributed by atoms with Crippen molar-refractivity contribution in [1.29, 1.82) is 0 Å². The van der Waals surface area contributed by atoms with Crippen LogP contribution in [0.1, 0.15) is 26.7 Å². The van der Waals surface area contributed by atoms with Crippen molar-refractivity contribution in [2.75, 3.05) is 26.2 Å². The van der Waals surface area contributed by atoms with Gasteiger partial charge in [0.2, 0.25) is 5.91 Å². The number of carbonyl (C=O) groups excluding carboxylic acids is 2. The summed E-state index contributed by atoms with van der Waals surface area (Å²) in [6, 6.07) is -0.697. The highest BCUT2D eigenvalue weighted by atomic mass is 35.5. The van der Waals surface area contributed by atoms with E-state index in [1.165, 1.54) is 6.92 Å². The first-order valence-corrected chi connectivity index (χ1v) is 7.23. The molecule has 22 heavy (non-hydrogen) atoms. The number of hydrogen-bond donors (Lipinski definition) is 3. The minimum absolute atomic E-state index is 0. The van der Waals surface area contributed by atoms with Gasteiger partial charge >= 0.3 is 5.97 Å². The van der Waals surface area contributed by atoms with Crippen molar-refractivity contribution in [2.45, 2.75) is 32.7 Å². The number of hydrogen-bond acceptors (Lipinski definition) is 5. The molecule has 0 aromatic carbocycles. The zero-order valence-corrected chi connectivity index (χ0v) is 13.8. The van der Waals surface area contributed by atoms with Gasteiger partial charge in [-0.25, -0.2) is 0 Å². The van der Waals surface area contributed by atoms with Crippen LogP contribution < -0.4 is 5.32 Å². The van der Waals surface area contributed by atoms with Gasteiger partial charge in [0.1, 0.15) is 12.6 Å². The van der Waals surface area contributed by atoms with Crippen LogP contribution in [0.2, 0.25) is 0 Å².